The highest BCUT2D eigenvalue weighted by atomic mass is 31.2. The Balaban J connectivity index is 2.39. The quantitative estimate of drug-likeness (QED) is 0.350. The summed E-state index contributed by atoms with van der Waals surface area (Å²) in [5.41, 5.74) is 0. The van der Waals surface area contributed by atoms with E-state index >= 15 is 0 Å². The Morgan fingerprint density at radius 2 is 1.19 bits per heavy atom. The first-order valence-corrected chi connectivity index (χ1v) is 7.10. The molecule has 1 fully saturated rings. The lowest BCUT2D eigenvalue weighted by atomic mass is 10.4. The van der Waals surface area contributed by atoms with Gasteiger partial charge in [0, 0.05) is 52.4 Å². The first-order chi connectivity index (χ1) is 7.61. The normalized spacial score (nSPS) is 23.4. The predicted molar refractivity (Wildman–Crippen MR) is 62.2 cm³/mol. The fourth-order valence-corrected chi connectivity index (χ4v) is 2.24. The van der Waals surface area contributed by atoms with Gasteiger partial charge in [-0.2, -0.15) is 0 Å². The van der Waals surface area contributed by atoms with Crippen molar-refractivity contribution in [2.45, 2.75) is 0 Å². The molecule has 0 unspecified atom stereocenters. The maximum absolute atomic E-state index is 11.2. The topological polar surface area (TPSA) is 96.9 Å². The molecule has 0 aromatic heterocycles. The zero-order valence-corrected chi connectivity index (χ0v) is 10.2. The Morgan fingerprint density at radius 3 is 1.56 bits per heavy atom. The van der Waals surface area contributed by atoms with Crippen molar-refractivity contribution >= 4 is 7.75 Å². The van der Waals surface area contributed by atoms with Gasteiger partial charge in [0.1, 0.15) is 0 Å². The molecule has 7 nitrogen and oxygen atoms in total. The second kappa shape index (κ2) is 7.34. The molecule has 0 aromatic rings. The van der Waals surface area contributed by atoms with Crippen LogP contribution in [0.15, 0.2) is 0 Å². The van der Waals surface area contributed by atoms with Gasteiger partial charge in [0.05, 0.1) is 0 Å². The average molecular weight is 252 g/mol. The minimum atomic E-state index is -4.11. The van der Waals surface area contributed by atoms with E-state index in [1.54, 1.807) is 0 Å². The minimum absolute atomic E-state index is 0.367. The van der Waals surface area contributed by atoms with Gasteiger partial charge in [-0.1, -0.05) is 0 Å². The van der Waals surface area contributed by atoms with Crippen LogP contribution >= 0.6 is 7.75 Å². The van der Waals surface area contributed by atoms with Crippen LogP contribution < -0.4 is 16.0 Å². The molecule has 0 radical (unpaired) electrons. The third kappa shape index (κ3) is 5.91. The summed E-state index contributed by atoms with van der Waals surface area (Å²) in [5, 5.41) is 9.53. The van der Waals surface area contributed by atoms with Crippen LogP contribution in [0.25, 0.3) is 0 Å². The van der Waals surface area contributed by atoms with E-state index < -0.39 is 7.75 Å². The van der Waals surface area contributed by atoms with Crippen molar-refractivity contribution < 1.29 is 14.4 Å². The summed E-state index contributed by atoms with van der Waals surface area (Å²) in [5.74, 6) is 0. The molecule has 16 heavy (non-hydrogen) atoms. The number of rotatable bonds is 1. The molecular weight excluding hydrogens is 231 g/mol. The molecule has 0 amide bonds. The molecule has 0 bridgehead atoms. The maximum Gasteiger partial charge on any atom is 0.403 e. The van der Waals surface area contributed by atoms with Gasteiger partial charge in [-0.3, -0.25) is 0 Å². The largest absolute Gasteiger partial charge is 0.403 e. The number of hydrogen-bond donors (Lipinski definition) is 5. The summed E-state index contributed by atoms with van der Waals surface area (Å²) in [6.45, 7) is 5.29. The van der Waals surface area contributed by atoms with Gasteiger partial charge in [0.2, 0.25) is 0 Å². The lowest BCUT2D eigenvalue weighted by molar-refractivity contribution is 0.267. The van der Waals surface area contributed by atoms with Crippen LogP contribution in [0.1, 0.15) is 0 Å². The van der Waals surface area contributed by atoms with Crippen molar-refractivity contribution in [3.05, 3.63) is 0 Å². The Kier molecular flexibility index (Phi) is 6.45. The van der Waals surface area contributed by atoms with Crippen molar-refractivity contribution in [2.24, 2.45) is 0 Å². The number of nitrogens with zero attached hydrogens (tertiary/aromatic N) is 1. The zero-order valence-electron chi connectivity index (χ0n) is 9.35. The lowest BCUT2D eigenvalue weighted by Gasteiger charge is -2.23. The molecule has 96 valence electrons. The molecule has 1 saturated heterocycles. The fraction of sp³-hybridized carbons (Fsp3) is 1.00. The lowest BCUT2D eigenvalue weighted by Crippen LogP contribution is -2.40. The molecule has 0 aromatic carbocycles. The Morgan fingerprint density at radius 1 is 0.812 bits per heavy atom. The van der Waals surface area contributed by atoms with Crippen molar-refractivity contribution in [3.8, 4) is 0 Å². The Labute approximate surface area is 95.8 Å². The molecule has 1 aliphatic rings. The van der Waals surface area contributed by atoms with Crippen LogP contribution in [0, 0.1) is 0 Å². The molecule has 1 rings (SSSR count). The second-order valence-corrected chi connectivity index (χ2v) is 5.31. The van der Waals surface area contributed by atoms with E-state index in [-0.39, 0.29) is 0 Å². The summed E-state index contributed by atoms with van der Waals surface area (Å²) in [7, 11) is -4.11. The van der Waals surface area contributed by atoms with Gasteiger partial charge in [0.15, 0.2) is 0 Å². The molecule has 0 spiro atoms. The van der Waals surface area contributed by atoms with E-state index in [2.05, 4.69) is 16.0 Å². The van der Waals surface area contributed by atoms with E-state index in [1.807, 2.05) is 0 Å². The highest BCUT2D eigenvalue weighted by Crippen LogP contribution is 2.38. The summed E-state index contributed by atoms with van der Waals surface area (Å²) in [6, 6.07) is 0. The molecule has 0 saturated carbocycles. The standard InChI is InChI=1S/C8H21N4O3P/c13-16(14,15)12-7-5-10-3-1-9-2-4-11-6-8-12/h9-11H,1-8H2,(H2,13,14,15). The van der Waals surface area contributed by atoms with E-state index in [0.29, 0.717) is 26.2 Å². The van der Waals surface area contributed by atoms with E-state index in [0.717, 1.165) is 26.2 Å². The van der Waals surface area contributed by atoms with Crippen LogP contribution in [-0.2, 0) is 4.57 Å². The van der Waals surface area contributed by atoms with E-state index in [1.165, 1.54) is 4.67 Å². The molecule has 8 heteroatoms. The first kappa shape index (κ1) is 14.1. The van der Waals surface area contributed by atoms with Crippen molar-refractivity contribution in [2.75, 3.05) is 52.4 Å². The van der Waals surface area contributed by atoms with Crippen molar-refractivity contribution in [1.82, 2.24) is 20.6 Å². The minimum Gasteiger partial charge on any atom is -0.314 e. The molecule has 1 aliphatic heterocycles. The molecule has 5 N–H and O–H groups in total. The second-order valence-electron chi connectivity index (χ2n) is 3.72. The van der Waals surface area contributed by atoms with Crippen LogP contribution in [0.5, 0.6) is 0 Å². The first-order valence-electron chi connectivity index (χ1n) is 5.54. The molecule has 0 atom stereocenters. The van der Waals surface area contributed by atoms with Gasteiger partial charge in [-0.15, -0.1) is 0 Å². The summed E-state index contributed by atoms with van der Waals surface area (Å²) < 4.78 is 12.4. The monoisotopic (exact) mass is 252 g/mol. The molecular formula is C8H21N4O3P. The highest BCUT2D eigenvalue weighted by Gasteiger charge is 2.23. The van der Waals surface area contributed by atoms with E-state index in [9.17, 15) is 4.57 Å². The third-order valence-corrected chi connectivity index (χ3v) is 3.56. The van der Waals surface area contributed by atoms with Gasteiger partial charge in [-0.05, 0) is 0 Å². The van der Waals surface area contributed by atoms with Gasteiger partial charge in [0.25, 0.3) is 0 Å². The average Bonchev–Trinajstić information content (AvgIpc) is 2.16. The predicted octanol–water partition coefficient (Wildman–Crippen LogP) is -1.84. The van der Waals surface area contributed by atoms with Crippen molar-refractivity contribution in [3.63, 3.8) is 0 Å². The van der Waals surface area contributed by atoms with Crippen molar-refractivity contribution in [1.29, 1.82) is 0 Å². The van der Waals surface area contributed by atoms with Crippen LogP contribution in [0.3, 0.4) is 0 Å². The number of hydrogen-bond acceptors (Lipinski definition) is 4. The number of nitrogens with one attached hydrogen (secondary N) is 3. The van der Waals surface area contributed by atoms with Crippen LogP contribution in [0.4, 0.5) is 0 Å². The maximum atomic E-state index is 11.2. The van der Waals surface area contributed by atoms with E-state index in [4.69, 9.17) is 9.79 Å². The third-order valence-electron chi connectivity index (χ3n) is 2.42. The van der Waals surface area contributed by atoms with Gasteiger partial charge < -0.3 is 25.7 Å². The van der Waals surface area contributed by atoms with Crippen LogP contribution in [-0.4, -0.2) is 66.8 Å². The SMILES string of the molecule is O=P(O)(O)N1CCNCCNCCNCC1. The fourth-order valence-electron chi connectivity index (χ4n) is 1.52. The Hall–Kier alpha value is -0.0100. The molecule has 1 heterocycles. The zero-order chi connectivity index (χ0) is 11.9. The molecule has 0 aliphatic carbocycles. The van der Waals surface area contributed by atoms with Gasteiger partial charge in [-0.25, -0.2) is 9.24 Å². The Bertz CT molecular complexity index is 223. The summed E-state index contributed by atoms with van der Waals surface area (Å²) in [6.07, 6.45) is 0. The summed E-state index contributed by atoms with van der Waals surface area (Å²) in [4.78, 5) is 18.2. The van der Waals surface area contributed by atoms with Crippen LogP contribution in [0.2, 0.25) is 0 Å². The van der Waals surface area contributed by atoms with Gasteiger partial charge >= 0.3 is 7.75 Å². The summed E-state index contributed by atoms with van der Waals surface area (Å²) >= 11 is 0. The smallest absolute Gasteiger partial charge is 0.314 e. The highest BCUT2D eigenvalue weighted by molar-refractivity contribution is 7.49.